The first kappa shape index (κ1) is 21.0. The highest BCUT2D eigenvalue weighted by atomic mass is 35.5. The topological polar surface area (TPSA) is 109 Å². The summed E-state index contributed by atoms with van der Waals surface area (Å²) in [6, 6.07) is 5.83. The van der Waals surface area contributed by atoms with E-state index in [1.807, 2.05) is 0 Å². The molecule has 2 rings (SSSR count). The van der Waals surface area contributed by atoms with Crippen LogP contribution in [0.2, 0.25) is 0 Å². The number of halogens is 1. The van der Waals surface area contributed by atoms with Crippen LogP contribution in [0, 0.1) is 24.0 Å². The summed E-state index contributed by atoms with van der Waals surface area (Å²) in [6.07, 6.45) is 0. The summed E-state index contributed by atoms with van der Waals surface area (Å²) in [7, 11) is 2.37. The number of nitro benzene ring substituents is 1. The number of hydrogen-bond acceptors (Lipinski definition) is 7. The lowest BCUT2D eigenvalue weighted by Crippen LogP contribution is -2.16. The van der Waals surface area contributed by atoms with Gasteiger partial charge in [-0.25, -0.2) is 9.59 Å². The Morgan fingerprint density at radius 1 is 1.00 bits per heavy atom. The molecule has 9 heteroatoms. The average molecular weight is 381 g/mol. The van der Waals surface area contributed by atoms with Crippen molar-refractivity contribution in [2.24, 2.45) is 0 Å². The quantitative estimate of drug-likeness (QED) is 0.455. The standard InChI is InChI=1S/C17H16N2O6.ClH/c1-9-13(16(20)24-3)15(14(10(2)18-9)17(21)25-4)11-7-5-6-8-12(11)19(22)23;/h5-8H,1-4H3;1H. The van der Waals surface area contributed by atoms with E-state index in [2.05, 4.69) is 4.98 Å². The molecule has 1 heterocycles. The summed E-state index contributed by atoms with van der Waals surface area (Å²) in [5.74, 6) is -1.49. The van der Waals surface area contributed by atoms with Gasteiger partial charge in [0, 0.05) is 11.6 Å². The summed E-state index contributed by atoms with van der Waals surface area (Å²) in [5, 5.41) is 11.4. The molecule has 0 unspecified atom stereocenters. The molecule has 0 aliphatic heterocycles. The molecule has 1 aromatic carbocycles. The van der Waals surface area contributed by atoms with Gasteiger partial charge in [0.25, 0.3) is 5.69 Å². The van der Waals surface area contributed by atoms with E-state index in [1.54, 1.807) is 19.9 Å². The molecule has 0 atom stereocenters. The van der Waals surface area contributed by atoms with Crippen molar-refractivity contribution in [2.45, 2.75) is 13.8 Å². The first-order valence-electron chi connectivity index (χ1n) is 7.25. The molecule has 0 saturated heterocycles. The van der Waals surface area contributed by atoms with Crippen molar-refractivity contribution >= 4 is 30.0 Å². The van der Waals surface area contributed by atoms with Crippen LogP contribution in [-0.4, -0.2) is 36.1 Å². The van der Waals surface area contributed by atoms with Crippen LogP contribution in [0.4, 0.5) is 5.69 Å². The fourth-order valence-corrected chi connectivity index (χ4v) is 2.67. The van der Waals surface area contributed by atoms with Crippen molar-refractivity contribution in [3.63, 3.8) is 0 Å². The Bertz CT molecular complexity index is 842. The van der Waals surface area contributed by atoms with Crippen molar-refractivity contribution in [1.82, 2.24) is 4.98 Å². The Morgan fingerprint density at radius 2 is 1.46 bits per heavy atom. The van der Waals surface area contributed by atoms with Gasteiger partial charge < -0.3 is 9.47 Å². The predicted octanol–water partition coefficient (Wildman–Crippen LogP) is 3.27. The van der Waals surface area contributed by atoms with Crippen molar-refractivity contribution < 1.29 is 24.0 Å². The van der Waals surface area contributed by atoms with Gasteiger partial charge in [-0.1, -0.05) is 12.1 Å². The molecule has 8 nitrogen and oxygen atoms in total. The second kappa shape index (κ2) is 8.39. The molecule has 0 radical (unpaired) electrons. The van der Waals surface area contributed by atoms with Gasteiger partial charge in [-0.2, -0.15) is 0 Å². The van der Waals surface area contributed by atoms with Crippen LogP contribution in [0.3, 0.4) is 0 Å². The van der Waals surface area contributed by atoms with E-state index in [9.17, 15) is 19.7 Å². The Morgan fingerprint density at radius 3 is 1.88 bits per heavy atom. The number of hydrogen-bond donors (Lipinski definition) is 0. The first-order valence-corrected chi connectivity index (χ1v) is 7.25. The number of nitro groups is 1. The third-order valence-electron chi connectivity index (χ3n) is 3.71. The summed E-state index contributed by atoms with van der Waals surface area (Å²) in [4.78, 5) is 39.6. The van der Waals surface area contributed by atoms with Crippen LogP contribution in [0.15, 0.2) is 24.3 Å². The van der Waals surface area contributed by atoms with E-state index in [4.69, 9.17) is 9.47 Å². The van der Waals surface area contributed by atoms with Gasteiger partial charge in [0.2, 0.25) is 0 Å². The molecular weight excluding hydrogens is 364 g/mol. The first-order chi connectivity index (χ1) is 11.8. The van der Waals surface area contributed by atoms with Crippen LogP contribution < -0.4 is 0 Å². The van der Waals surface area contributed by atoms with Gasteiger partial charge in [0.05, 0.1) is 47.2 Å². The predicted molar refractivity (Wildman–Crippen MR) is 95.7 cm³/mol. The Hall–Kier alpha value is -3.00. The monoisotopic (exact) mass is 380 g/mol. The Kier molecular flexibility index (Phi) is 6.79. The molecule has 0 fully saturated rings. The zero-order valence-corrected chi connectivity index (χ0v) is 15.4. The van der Waals surface area contributed by atoms with Gasteiger partial charge in [-0.3, -0.25) is 15.1 Å². The molecular formula is C17H17ClN2O6. The number of esters is 2. The number of carbonyl (C=O) groups is 2. The zero-order chi connectivity index (χ0) is 18.7. The van der Waals surface area contributed by atoms with Gasteiger partial charge in [-0.05, 0) is 19.9 Å². The Labute approximate surface area is 155 Å². The normalized spacial score (nSPS) is 9.85. The lowest BCUT2D eigenvalue weighted by Gasteiger charge is -2.16. The van der Waals surface area contributed by atoms with E-state index in [0.717, 1.165) is 0 Å². The van der Waals surface area contributed by atoms with Crippen LogP contribution in [0.25, 0.3) is 11.1 Å². The molecule has 138 valence electrons. The summed E-state index contributed by atoms with van der Waals surface area (Å²) >= 11 is 0. The fourth-order valence-electron chi connectivity index (χ4n) is 2.67. The van der Waals surface area contributed by atoms with Crippen molar-refractivity contribution in [3.05, 3.63) is 56.9 Å². The van der Waals surface area contributed by atoms with Crippen molar-refractivity contribution in [2.75, 3.05) is 14.2 Å². The number of ether oxygens (including phenoxy) is 2. The molecule has 0 amide bonds. The van der Waals surface area contributed by atoms with Gasteiger partial charge in [-0.15, -0.1) is 12.4 Å². The summed E-state index contributed by atoms with van der Waals surface area (Å²) in [6.45, 7) is 3.14. The average Bonchev–Trinajstić information content (AvgIpc) is 2.59. The van der Waals surface area contributed by atoms with E-state index in [1.165, 1.54) is 32.4 Å². The van der Waals surface area contributed by atoms with Crippen LogP contribution in [0.1, 0.15) is 32.1 Å². The number of rotatable bonds is 4. The van der Waals surface area contributed by atoms with E-state index >= 15 is 0 Å². The number of para-hydroxylation sites is 1. The number of methoxy groups -OCH3 is 2. The number of benzene rings is 1. The highest BCUT2D eigenvalue weighted by molar-refractivity contribution is 6.08. The van der Waals surface area contributed by atoms with Gasteiger partial charge >= 0.3 is 11.9 Å². The molecule has 0 aliphatic carbocycles. The van der Waals surface area contributed by atoms with E-state index in [0.29, 0.717) is 11.4 Å². The lowest BCUT2D eigenvalue weighted by atomic mass is 9.91. The third-order valence-corrected chi connectivity index (χ3v) is 3.71. The van der Waals surface area contributed by atoms with Crippen LogP contribution >= 0.6 is 12.4 Å². The largest absolute Gasteiger partial charge is 0.465 e. The van der Waals surface area contributed by atoms with Crippen molar-refractivity contribution in [3.8, 4) is 11.1 Å². The molecule has 2 aromatic rings. The second-order valence-corrected chi connectivity index (χ2v) is 5.17. The molecule has 1 aromatic heterocycles. The van der Waals surface area contributed by atoms with E-state index in [-0.39, 0.29) is 40.3 Å². The molecule has 0 bridgehead atoms. The molecule has 0 spiro atoms. The Balaban J connectivity index is 0.00000338. The van der Waals surface area contributed by atoms with Crippen LogP contribution in [-0.2, 0) is 9.47 Å². The van der Waals surface area contributed by atoms with Gasteiger partial charge in [0.15, 0.2) is 0 Å². The van der Waals surface area contributed by atoms with Gasteiger partial charge in [0.1, 0.15) is 0 Å². The summed E-state index contributed by atoms with van der Waals surface area (Å²) in [5.41, 5.74) is 0.515. The number of aryl methyl sites for hydroxylation is 2. The maximum Gasteiger partial charge on any atom is 0.340 e. The SMILES string of the molecule is COC(=O)c1c(C)nc(C)c(C(=O)OC)c1-c1ccccc1[N+](=O)[O-].Cl. The minimum atomic E-state index is -0.747. The second-order valence-electron chi connectivity index (χ2n) is 5.17. The molecule has 26 heavy (non-hydrogen) atoms. The number of carbonyl (C=O) groups excluding carboxylic acids is 2. The summed E-state index contributed by atoms with van der Waals surface area (Å²) < 4.78 is 9.57. The minimum absolute atomic E-state index is 0. The minimum Gasteiger partial charge on any atom is -0.465 e. The number of nitrogens with zero attached hydrogens (tertiary/aromatic N) is 2. The maximum atomic E-state index is 12.3. The fraction of sp³-hybridized carbons (Fsp3) is 0.235. The number of pyridine rings is 1. The molecule has 0 aliphatic rings. The highest BCUT2D eigenvalue weighted by Gasteiger charge is 2.30. The third kappa shape index (κ3) is 3.65. The highest BCUT2D eigenvalue weighted by Crippen LogP contribution is 2.37. The van der Waals surface area contributed by atoms with Crippen molar-refractivity contribution in [1.29, 1.82) is 0 Å². The lowest BCUT2D eigenvalue weighted by molar-refractivity contribution is -0.384. The number of aromatic nitrogens is 1. The zero-order valence-electron chi connectivity index (χ0n) is 14.6. The van der Waals surface area contributed by atoms with Crippen LogP contribution in [0.5, 0.6) is 0 Å². The molecule has 0 N–H and O–H groups in total. The smallest absolute Gasteiger partial charge is 0.340 e. The van der Waals surface area contributed by atoms with E-state index < -0.39 is 16.9 Å². The maximum absolute atomic E-state index is 12.3. The molecule has 0 saturated carbocycles.